The molecule has 0 spiro atoms. The molecule has 0 aliphatic heterocycles. The van der Waals surface area contributed by atoms with Crippen LogP contribution in [0.15, 0.2) is 46.4 Å². The summed E-state index contributed by atoms with van der Waals surface area (Å²) < 4.78 is 25.2. The summed E-state index contributed by atoms with van der Waals surface area (Å²) >= 11 is 0. The van der Waals surface area contributed by atoms with E-state index in [2.05, 4.69) is 29.0 Å². The van der Waals surface area contributed by atoms with E-state index in [1.165, 1.54) is 25.7 Å². The number of hydrazone groups is 1. The standard InChI is InChI=1S/C21H30N2O2S/c1-3-4-5-6-7-20(21-14-12-18(16-21)13-15-21)22-23-26(24,25)19-10-8-17(2)9-11-19/h8-12,14,18,23H,3-7,13,15-16H2,1-2H3/b22-20+/t18-,21+/m0/s1. The minimum absolute atomic E-state index is 0.0212. The van der Waals surface area contributed by atoms with Gasteiger partial charge in [-0.25, -0.2) is 4.83 Å². The number of hydrogen-bond donors (Lipinski definition) is 1. The minimum atomic E-state index is -3.62. The van der Waals surface area contributed by atoms with E-state index in [4.69, 9.17) is 0 Å². The van der Waals surface area contributed by atoms with Gasteiger partial charge in [-0.15, -0.1) is 0 Å². The van der Waals surface area contributed by atoms with Gasteiger partial charge in [0.05, 0.1) is 4.90 Å². The molecule has 0 radical (unpaired) electrons. The molecule has 5 heteroatoms. The molecule has 142 valence electrons. The van der Waals surface area contributed by atoms with Crippen molar-refractivity contribution >= 4 is 15.7 Å². The maximum Gasteiger partial charge on any atom is 0.276 e. The Kier molecular flexibility index (Phi) is 5.86. The van der Waals surface area contributed by atoms with Gasteiger partial charge in [-0.1, -0.05) is 56.0 Å². The second-order valence-electron chi connectivity index (χ2n) is 7.80. The third kappa shape index (κ3) is 4.20. The maximum atomic E-state index is 12.6. The zero-order valence-corrected chi connectivity index (χ0v) is 16.7. The Labute approximate surface area is 157 Å². The van der Waals surface area contributed by atoms with Gasteiger partial charge < -0.3 is 0 Å². The fourth-order valence-corrected chi connectivity index (χ4v) is 4.96. The molecule has 2 aliphatic carbocycles. The number of aryl methyl sites for hydroxylation is 1. The fourth-order valence-electron chi connectivity index (χ4n) is 4.13. The lowest BCUT2D eigenvalue weighted by atomic mass is 9.80. The first kappa shape index (κ1) is 19.2. The Morgan fingerprint density at radius 1 is 1.23 bits per heavy atom. The fraction of sp³-hybridized carbons (Fsp3) is 0.571. The highest BCUT2D eigenvalue weighted by atomic mass is 32.2. The number of nitrogens with one attached hydrogen (secondary N) is 1. The first-order chi connectivity index (χ1) is 12.5. The van der Waals surface area contributed by atoms with Crippen molar-refractivity contribution in [2.24, 2.45) is 16.4 Å². The monoisotopic (exact) mass is 374 g/mol. The second-order valence-corrected chi connectivity index (χ2v) is 9.46. The maximum absolute atomic E-state index is 12.6. The molecule has 0 aromatic heterocycles. The van der Waals surface area contributed by atoms with Crippen molar-refractivity contribution in [2.75, 3.05) is 0 Å². The van der Waals surface area contributed by atoms with Crippen molar-refractivity contribution in [3.05, 3.63) is 42.0 Å². The Bertz CT molecular complexity index is 781. The zero-order chi connectivity index (χ0) is 18.6. The largest absolute Gasteiger partial charge is 0.276 e. The van der Waals surface area contributed by atoms with Crippen LogP contribution in [0.5, 0.6) is 0 Å². The third-order valence-corrected chi connectivity index (χ3v) is 6.97. The van der Waals surface area contributed by atoms with Gasteiger partial charge in [0.2, 0.25) is 0 Å². The molecule has 1 saturated carbocycles. The first-order valence-electron chi connectivity index (χ1n) is 9.80. The van der Waals surface area contributed by atoms with E-state index in [1.54, 1.807) is 12.1 Å². The highest BCUT2D eigenvalue weighted by Crippen LogP contribution is 2.50. The van der Waals surface area contributed by atoms with Crippen molar-refractivity contribution in [2.45, 2.75) is 70.1 Å². The summed E-state index contributed by atoms with van der Waals surface area (Å²) in [6, 6.07) is 6.88. The van der Waals surface area contributed by atoms with Crippen LogP contribution in [0.2, 0.25) is 0 Å². The van der Waals surface area contributed by atoms with Crippen molar-refractivity contribution in [1.82, 2.24) is 4.83 Å². The van der Waals surface area contributed by atoms with Crippen LogP contribution >= 0.6 is 0 Å². The molecule has 0 unspecified atom stereocenters. The number of fused-ring (bicyclic) bond motifs is 2. The highest BCUT2D eigenvalue weighted by molar-refractivity contribution is 7.89. The van der Waals surface area contributed by atoms with E-state index in [0.717, 1.165) is 37.0 Å². The van der Waals surface area contributed by atoms with Gasteiger partial charge in [0.15, 0.2) is 0 Å². The van der Waals surface area contributed by atoms with E-state index in [0.29, 0.717) is 5.92 Å². The Morgan fingerprint density at radius 2 is 2.00 bits per heavy atom. The minimum Gasteiger partial charge on any atom is -0.200 e. The quantitative estimate of drug-likeness (QED) is 0.287. The highest BCUT2D eigenvalue weighted by Gasteiger charge is 2.44. The van der Waals surface area contributed by atoms with Gasteiger partial charge in [0, 0.05) is 11.1 Å². The number of sulfonamides is 1. The SMILES string of the molecule is CCCCCC/C(=N\NS(=O)(=O)c1ccc(C)cc1)[C@]12C=C[C@@H](CC1)C2. The summed E-state index contributed by atoms with van der Waals surface area (Å²) in [4.78, 5) is 2.78. The predicted molar refractivity (Wildman–Crippen MR) is 107 cm³/mol. The molecule has 0 saturated heterocycles. The molecule has 3 rings (SSSR count). The predicted octanol–water partition coefficient (Wildman–Crippen LogP) is 4.96. The number of allylic oxidation sites excluding steroid dienone is 2. The summed E-state index contributed by atoms with van der Waals surface area (Å²) in [6.07, 6.45) is 13.5. The number of unbranched alkanes of at least 4 members (excludes halogenated alkanes) is 3. The number of nitrogens with zero attached hydrogens (tertiary/aromatic N) is 1. The molecule has 2 bridgehead atoms. The second kappa shape index (κ2) is 7.95. The molecule has 0 amide bonds. The average Bonchev–Trinajstić information content (AvgIpc) is 3.23. The van der Waals surface area contributed by atoms with Crippen LogP contribution in [0, 0.1) is 18.3 Å². The summed E-state index contributed by atoms with van der Waals surface area (Å²) in [6.45, 7) is 4.14. The molecule has 2 atom stereocenters. The van der Waals surface area contributed by atoms with Crippen LogP contribution in [0.1, 0.15) is 63.9 Å². The van der Waals surface area contributed by atoms with Gasteiger partial charge in [-0.3, -0.25) is 0 Å². The Morgan fingerprint density at radius 3 is 2.58 bits per heavy atom. The van der Waals surface area contributed by atoms with Gasteiger partial charge in [0.1, 0.15) is 0 Å². The first-order valence-corrected chi connectivity index (χ1v) is 11.3. The van der Waals surface area contributed by atoms with Crippen molar-refractivity contribution in [3.63, 3.8) is 0 Å². The van der Waals surface area contributed by atoms with E-state index in [1.807, 2.05) is 19.1 Å². The normalized spacial score (nSPS) is 25.0. The Balaban J connectivity index is 1.77. The lowest BCUT2D eigenvalue weighted by molar-refractivity contribution is 0.539. The van der Waals surface area contributed by atoms with Crippen LogP contribution in [0.4, 0.5) is 0 Å². The molecule has 1 aromatic rings. The van der Waals surface area contributed by atoms with Gasteiger partial charge >= 0.3 is 0 Å². The molecule has 0 heterocycles. The Hall–Kier alpha value is -1.62. The van der Waals surface area contributed by atoms with E-state index >= 15 is 0 Å². The van der Waals surface area contributed by atoms with E-state index < -0.39 is 10.0 Å². The molecule has 1 N–H and O–H groups in total. The van der Waals surface area contributed by atoms with Crippen molar-refractivity contribution < 1.29 is 8.42 Å². The molecule has 4 nitrogen and oxygen atoms in total. The molecular weight excluding hydrogens is 344 g/mol. The molecular formula is C21H30N2O2S. The zero-order valence-electron chi connectivity index (χ0n) is 15.9. The van der Waals surface area contributed by atoms with Gasteiger partial charge in [-0.05, 0) is 57.1 Å². The van der Waals surface area contributed by atoms with E-state index in [9.17, 15) is 8.42 Å². The molecule has 26 heavy (non-hydrogen) atoms. The van der Waals surface area contributed by atoms with Crippen LogP contribution in [0.3, 0.4) is 0 Å². The van der Waals surface area contributed by atoms with Crippen LogP contribution in [-0.4, -0.2) is 14.1 Å². The topological polar surface area (TPSA) is 58.5 Å². The molecule has 1 fully saturated rings. The number of rotatable bonds is 9. The van der Waals surface area contributed by atoms with Gasteiger partial charge in [0.25, 0.3) is 10.0 Å². The third-order valence-electron chi connectivity index (χ3n) is 5.75. The number of hydrogen-bond acceptors (Lipinski definition) is 3. The smallest absolute Gasteiger partial charge is 0.200 e. The van der Waals surface area contributed by atoms with E-state index in [-0.39, 0.29) is 10.3 Å². The van der Waals surface area contributed by atoms with Crippen LogP contribution in [-0.2, 0) is 10.0 Å². The number of benzene rings is 1. The summed E-state index contributed by atoms with van der Waals surface area (Å²) in [5.41, 5.74) is 2.03. The van der Waals surface area contributed by atoms with Crippen LogP contribution < -0.4 is 4.83 Å². The lowest BCUT2D eigenvalue weighted by Gasteiger charge is -2.26. The molecule has 1 aromatic carbocycles. The summed E-state index contributed by atoms with van der Waals surface area (Å²) in [5.74, 6) is 0.643. The van der Waals surface area contributed by atoms with Crippen molar-refractivity contribution in [1.29, 1.82) is 0 Å². The van der Waals surface area contributed by atoms with Crippen molar-refractivity contribution in [3.8, 4) is 0 Å². The average molecular weight is 375 g/mol. The molecule has 2 aliphatic rings. The summed E-state index contributed by atoms with van der Waals surface area (Å²) in [5, 5.41) is 4.47. The van der Waals surface area contributed by atoms with Crippen LogP contribution in [0.25, 0.3) is 0 Å². The lowest BCUT2D eigenvalue weighted by Crippen LogP contribution is -2.29. The summed E-state index contributed by atoms with van der Waals surface area (Å²) in [7, 11) is -3.62. The van der Waals surface area contributed by atoms with Gasteiger partial charge in [-0.2, -0.15) is 13.5 Å².